The van der Waals surface area contributed by atoms with Crippen molar-refractivity contribution in [1.29, 1.82) is 0 Å². The molecule has 0 fully saturated rings. The molecule has 1 N–H and O–H groups in total. The van der Waals surface area contributed by atoms with Crippen LogP contribution in [-0.4, -0.2) is 43.6 Å². The smallest absolute Gasteiger partial charge is 0.200 e. The number of hydrogen-bond donors (Lipinski definition) is 1. The lowest BCUT2D eigenvalue weighted by molar-refractivity contribution is 0.155. The van der Waals surface area contributed by atoms with E-state index in [9.17, 15) is 9.46 Å². The van der Waals surface area contributed by atoms with E-state index in [4.69, 9.17) is 9.47 Å². The van der Waals surface area contributed by atoms with Crippen LogP contribution in [0.1, 0.15) is 26.7 Å². The minimum atomic E-state index is -3.03. The highest BCUT2D eigenvalue weighted by atomic mass is 31.2. The molecule has 0 radical (unpaired) electrons. The SMILES string of the molecule is C=C(C)COCCCP(=O)(O)CCCOCC(=C)C. The molecule has 5 heteroatoms. The fraction of sp³-hybridized carbons (Fsp3) is 0.714. The van der Waals surface area contributed by atoms with Gasteiger partial charge < -0.3 is 14.4 Å². The third-order valence-corrected chi connectivity index (χ3v) is 4.32. The molecule has 4 nitrogen and oxygen atoms in total. The molecule has 0 amide bonds. The molecule has 0 rings (SSSR count). The second-order valence-electron chi connectivity index (χ2n) is 5.02. The molecule has 0 unspecified atom stereocenters. The summed E-state index contributed by atoms with van der Waals surface area (Å²) >= 11 is 0. The summed E-state index contributed by atoms with van der Waals surface area (Å²) in [6, 6.07) is 0. The molecular formula is C14H27O4P. The van der Waals surface area contributed by atoms with Crippen molar-refractivity contribution in [3.8, 4) is 0 Å². The second kappa shape index (κ2) is 10.4. The summed E-state index contributed by atoms with van der Waals surface area (Å²) in [6.45, 7) is 13.3. The first kappa shape index (κ1) is 18.6. The Hall–Kier alpha value is -0.410. The Morgan fingerprint density at radius 3 is 1.68 bits per heavy atom. The molecule has 0 atom stereocenters. The molecular weight excluding hydrogens is 263 g/mol. The topological polar surface area (TPSA) is 55.8 Å². The van der Waals surface area contributed by atoms with Crippen LogP contribution in [0.3, 0.4) is 0 Å². The molecule has 0 aromatic rings. The van der Waals surface area contributed by atoms with Gasteiger partial charge in [-0.2, -0.15) is 0 Å². The van der Waals surface area contributed by atoms with Crippen molar-refractivity contribution in [2.24, 2.45) is 0 Å². The number of rotatable bonds is 12. The zero-order valence-corrected chi connectivity index (χ0v) is 13.1. The van der Waals surface area contributed by atoms with Gasteiger partial charge in [-0.3, -0.25) is 4.57 Å². The van der Waals surface area contributed by atoms with Crippen LogP contribution in [0.15, 0.2) is 24.3 Å². The monoisotopic (exact) mass is 290 g/mol. The van der Waals surface area contributed by atoms with Crippen LogP contribution in [0.2, 0.25) is 0 Å². The zero-order valence-electron chi connectivity index (χ0n) is 12.2. The van der Waals surface area contributed by atoms with Crippen LogP contribution in [-0.2, 0) is 14.0 Å². The summed E-state index contributed by atoms with van der Waals surface area (Å²) in [6.07, 6.45) is 1.83. The van der Waals surface area contributed by atoms with Gasteiger partial charge in [0.05, 0.1) is 13.2 Å². The first-order valence-electron chi connectivity index (χ1n) is 6.58. The largest absolute Gasteiger partial charge is 0.377 e. The van der Waals surface area contributed by atoms with Crippen LogP contribution < -0.4 is 0 Å². The predicted octanol–water partition coefficient (Wildman–Crippen LogP) is 3.22. The Balaban J connectivity index is 3.54. The fourth-order valence-corrected chi connectivity index (χ4v) is 2.90. The maximum Gasteiger partial charge on any atom is 0.200 e. The average Bonchev–Trinajstić information content (AvgIpc) is 2.27. The average molecular weight is 290 g/mol. The Kier molecular flexibility index (Phi) is 10.2. The molecule has 0 spiro atoms. The normalized spacial score (nSPS) is 11.5. The van der Waals surface area contributed by atoms with E-state index in [-0.39, 0.29) is 0 Å². The van der Waals surface area contributed by atoms with E-state index in [1.54, 1.807) is 0 Å². The Morgan fingerprint density at radius 1 is 1.00 bits per heavy atom. The van der Waals surface area contributed by atoms with Crippen LogP contribution in [0, 0.1) is 0 Å². The van der Waals surface area contributed by atoms with Crippen LogP contribution in [0.5, 0.6) is 0 Å². The molecule has 0 aromatic heterocycles. The van der Waals surface area contributed by atoms with E-state index >= 15 is 0 Å². The van der Waals surface area contributed by atoms with Crippen molar-refractivity contribution in [3.05, 3.63) is 24.3 Å². The summed E-state index contributed by atoms with van der Waals surface area (Å²) in [7, 11) is -3.03. The lowest BCUT2D eigenvalue weighted by Crippen LogP contribution is -2.04. The van der Waals surface area contributed by atoms with Crippen molar-refractivity contribution in [2.75, 3.05) is 38.8 Å². The number of ether oxygens (including phenoxy) is 2. The van der Waals surface area contributed by atoms with Gasteiger partial charge in [-0.1, -0.05) is 24.3 Å². The fourth-order valence-electron chi connectivity index (χ4n) is 1.43. The second-order valence-corrected chi connectivity index (χ2v) is 7.61. The lowest BCUT2D eigenvalue weighted by Gasteiger charge is -2.12. The van der Waals surface area contributed by atoms with E-state index in [0.29, 0.717) is 51.6 Å². The molecule has 19 heavy (non-hydrogen) atoms. The Bertz CT molecular complexity index is 297. The minimum absolute atomic E-state index is 0.309. The van der Waals surface area contributed by atoms with Gasteiger partial charge in [-0.15, -0.1) is 0 Å². The van der Waals surface area contributed by atoms with Gasteiger partial charge in [0, 0.05) is 25.5 Å². The minimum Gasteiger partial charge on any atom is -0.377 e. The van der Waals surface area contributed by atoms with E-state index < -0.39 is 7.37 Å². The van der Waals surface area contributed by atoms with E-state index in [1.165, 1.54) is 0 Å². The highest BCUT2D eigenvalue weighted by Gasteiger charge is 2.16. The highest BCUT2D eigenvalue weighted by Crippen LogP contribution is 2.41. The summed E-state index contributed by atoms with van der Waals surface area (Å²) in [5.74, 6) is 0. The predicted molar refractivity (Wildman–Crippen MR) is 80.1 cm³/mol. The van der Waals surface area contributed by atoms with Gasteiger partial charge >= 0.3 is 0 Å². The van der Waals surface area contributed by atoms with E-state index in [2.05, 4.69) is 13.2 Å². The standard InChI is InChI=1S/C14H27O4P/c1-13(2)11-17-7-5-9-19(15,16)10-6-8-18-12-14(3)4/h1,3,5-12H2,2,4H3,(H,15,16). The third-order valence-electron chi connectivity index (χ3n) is 2.29. The van der Waals surface area contributed by atoms with Gasteiger partial charge in [-0.05, 0) is 26.7 Å². The molecule has 0 bridgehead atoms. The van der Waals surface area contributed by atoms with Crippen LogP contribution in [0.4, 0.5) is 0 Å². The van der Waals surface area contributed by atoms with Crippen molar-refractivity contribution < 1.29 is 18.9 Å². The molecule has 112 valence electrons. The quantitative estimate of drug-likeness (QED) is 0.340. The summed E-state index contributed by atoms with van der Waals surface area (Å²) in [4.78, 5) is 9.74. The van der Waals surface area contributed by atoms with Crippen LogP contribution >= 0.6 is 7.37 Å². The molecule has 0 saturated heterocycles. The lowest BCUT2D eigenvalue weighted by atomic mass is 10.4. The van der Waals surface area contributed by atoms with Gasteiger partial charge in [0.25, 0.3) is 0 Å². The molecule has 0 aromatic carbocycles. The maximum absolute atomic E-state index is 11.8. The Labute approximate surface area is 117 Å². The van der Waals surface area contributed by atoms with Gasteiger partial charge in [-0.25, -0.2) is 0 Å². The van der Waals surface area contributed by atoms with Crippen LogP contribution in [0.25, 0.3) is 0 Å². The van der Waals surface area contributed by atoms with Crippen molar-refractivity contribution in [2.45, 2.75) is 26.7 Å². The van der Waals surface area contributed by atoms with Gasteiger partial charge in [0.2, 0.25) is 7.37 Å². The van der Waals surface area contributed by atoms with Gasteiger partial charge in [0.1, 0.15) is 0 Å². The Morgan fingerprint density at radius 2 is 1.37 bits per heavy atom. The summed E-state index contributed by atoms with van der Waals surface area (Å²) in [5.41, 5.74) is 1.92. The molecule has 0 saturated carbocycles. The maximum atomic E-state index is 11.8. The molecule has 0 aliphatic rings. The van der Waals surface area contributed by atoms with Crippen molar-refractivity contribution in [1.82, 2.24) is 0 Å². The first-order valence-corrected chi connectivity index (χ1v) is 8.61. The summed E-state index contributed by atoms with van der Waals surface area (Å²) < 4.78 is 22.4. The number of hydrogen-bond acceptors (Lipinski definition) is 3. The zero-order chi connectivity index (χ0) is 14.7. The first-order chi connectivity index (χ1) is 8.83. The van der Waals surface area contributed by atoms with Crippen molar-refractivity contribution >= 4 is 7.37 Å². The van der Waals surface area contributed by atoms with Crippen molar-refractivity contribution in [3.63, 3.8) is 0 Å². The molecule has 0 aliphatic carbocycles. The van der Waals surface area contributed by atoms with Gasteiger partial charge in [0.15, 0.2) is 0 Å². The van der Waals surface area contributed by atoms with E-state index in [0.717, 1.165) is 11.1 Å². The molecule has 0 heterocycles. The van der Waals surface area contributed by atoms with E-state index in [1.807, 2.05) is 13.8 Å². The third kappa shape index (κ3) is 13.8. The highest BCUT2D eigenvalue weighted by molar-refractivity contribution is 7.57. The summed E-state index contributed by atoms with van der Waals surface area (Å²) in [5, 5.41) is 0. The molecule has 0 aliphatic heterocycles.